The van der Waals surface area contributed by atoms with Gasteiger partial charge in [0.05, 0.1) is 12.2 Å². The number of carbonyl (C=O) groups excluding carboxylic acids is 11. The third-order valence-electron chi connectivity index (χ3n) is 15.8. The molecule has 0 unspecified atom stereocenters. The van der Waals surface area contributed by atoms with E-state index >= 15 is 0 Å². The van der Waals surface area contributed by atoms with Crippen LogP contribution in [0.5, 0.6) is 0 Å². The van der Waals surface area contributed by atoms with Crippen molar-refractivity contribution in [3.63, 3.8) is 0 Å². The molecule has 0 aliphatic carbocycles. The Hall–Kier alpha value is -6.11. The number of aliphatic hydroxyl groups is 2. The number of amides is 11. The number of hydrogen-bond acceptors (Lipinski definition) is 18. The van der Waals surface area contributed by atoms with Gasteiger partial charge in [0.25, 0.3) is 0 Å². The van der Waals surface area contributed by atoms with Gasteiger partial charge in [0.1, 0.15) is 60.4 Å². The van der Waals surface area contributed by atoms with Crippen LogP contribution in [0.4, 0.5) is 0 Å². The van der Waals surface area contributed by atoms with Gasteiger partial charge in [-0.15, -0.1) is 0 Å². The Kier molecular flexibility index (Phi) is 42.7. The minimum atomic E-state index is -1.70. The van der Waals surface area contributed by atoms with Crippen molar-refractivity contribution in [2.24, 2.45) is 46.4 Å². The zero-order chi connectivity index (χ0) is 68.6. The van der Waals surface area contributed by atoms with E-state index in [1.54, 1.807) is 27.7 Å². The van der Waals surface area contributed by atoms with E-state index in [0.29, 0.717) is 12.8 Å². The molecule has 0 aromatic heterocycles. The topological polar surface area (TPSA) is 491 Å². The number of unbranched alkanes of at least 4 members (excludes halogenated alkanes) is 10. The smallest absolute Gasteiger partial charge is 0.245 e. The van der Waals surface area contributed by atoms with Gasteiger partial charge in [0, 0.05) is 12.5 Å². The Balaban J connectivity index is 3.80. The molecule has 23 N–H and O–H groups in total. The number of hydrogen-bond donors (Lipinski definition) is 18. The lowest BCUT2D eigenvalue weighted by Crippen LogP contribution is -2.62. The first kappa shape index (κ1) is 82.9. The highest BCUT2D eigenvalue weighted by Crippen LogP contribution is 2.21. The van der Waals surface area contributed by atoms with E-state index in [9.17, 15) is 63.0 Å². The monoisotopic (exact) mass is 1290 g/mol. The van der Waals surface area contributed by atoms with Crippen LogP contribution in [0.3, 0.4) is 0 Å². The third kappa shape index (κ3) is 32.8. The van der Waals surface area contributed by atoms with E-state index in [4.69, 9.17) is 28.7 Å². The summed E-state index contributed by atoms with van der Waals surface area (Å²) in [4.78, 5) is 155. The van der Waals surface area contributed by atoms with E-state index in [-0.39, 0.29) is 101 Å². The maximum atomic E-state index is 14.6. The Morgan fingerprint density at radius 1 is 0.451 bits per heavy atom. The second-order valence-corrected chi connectivity index (χ2v) is 25.0. The molecule has 1 rings (SSSR count). The molecule has 12 atom stereocenters. The van der Waals surface area contributed by atoms with Crippen LogP contribution in [-0.4, -0.2) is 187 Å². The molecule has 29 heteroatoms. The van der Waals surface area contributed by atoms with Gasteiger partial charge >= 0.3 is 0 Å². The van der Waals surface area contributed by atoms with Gasteiger partial charge < -0.3 is 97.4 Å². The standard InChI is InChI=1S/C62H118N16O13/c1-9-11-13-15-17-19-21-41(22-20-18-16-14-12-10-2)52(81)69-45(26-32-66)57(86)78-51(40(8)80)62(91)74-44(25-31-65)54(83)73-47-28-34-68-61(90)50(39(7)79)77-58(87)46(27-33-67)71-53(82)42(23-29-63)72-59(88)48(35-37(3)4)76-60(89)49(36-38(5)6)75-55(84)43(24-30-64)70-56(47)85/h37-51,79-80H,9-36,63-67H2,1-8H3,(H,68,90)(H,69,81)(H,70,85)(H,71,82)(H,72,88)(H,73,83)(H,74,91)(H,75,84)(H,76,89)(H,77,87)(H,78,86)/t39-,40-,42+,43+,44+,45+,46+,47+,48+,49-,50+,51+/m1/s1. The van der Waals surface area contributed by atoms with Crippen molar-refractivity contribution in [2.45, 2.75) is 269 Å². The fourth-order valence-electron chi connectivity index (χ4n) is 10.6. The highest BCUT2D eigenvalue weighted by atomic mass is 16.3. The molecular formula is C62H118N16O13. The molecule has 1 aliphatic rings. The van der Waals surface area contributed by atoms with Crippen LogP contribution in [0.1, 0.15) is 197 Å². The van der Waals surface area contributed by atoms with E-state index in [1.807, 2.05) is 0 Å². The zero-order valence-electron chi connectivity index (χ0n) is 55.7. The van der Waals surface area contributed by atoms with Gasteiger partial charge in [-0.05, 0) is 123 Å². The van der Waals surface area contributed by atoms with Gasteiger partial charge in [-0.3, -0.25) is 52.7 Å². The Morgan fingerprint density at radius 3 is 1.24 bits per heavy atom. The molecule has 0 bridgehead atoms. The van der Waals surface area contributed by atoms with Crippen molar-refractivity contribution in [1.82, 2.24) is 58.5 Å². The third-order valence-corrected chi connectivity index (χ3v) is 15.8. The summed E-state index contributed by atoms with van der Waals surface area (Å²) in [6.45, 7) is 12.8. The number of nitrogens with two attached hydrogens (primary N) is 5. The van der Waals surface area contributed by atoms with Gasteiger partial charge in [-0.1, -0.05) is 119 Å². The summed E-state index contributed by atoms with van der Waals surface area (Å²) >= 11 is 0. The van der Waals surface area contributed by atoms with Gasteiger partial charge in [0.2, 0.25) is 65.0 Å². The molecule has 0 radical (unpaired) electrons. The van der Waals surface area contributed by atoms with Crippen LogP contribution in [0.2, 0.25) is 0 Å². The largest absolute Gasteiger partial charge is 0.391 e. The molecular weight excluding hydrogens is 1180 g/mol. The minimum Gasteiger partial charge on any atom is -0.391 e. The van der Waals surface area contributed by atoms with E-state index in [2.05, 4.69) is 72.3 Å². The summed E-state index contributed by atoms with van der Waals surface area (Å²) in [6.07, 6.45) is 9.50. The first-order valence-electron chi connectivity index (χ1n) is 33.4. The second kappa shape index (κ2) is 46.9. The van der Waals surface area contributed by atoms with Gasteiger partial charge in [0.15, 0.2) is 0 Å². The lowest BCUT2D eigenvalue weighted by Gasteiger charge is -2.29. The second-order valence-electron chi connectivity index (χ2n) is 25.0. The predicted octanol–water partition coefficient (Wildman–Crippen LogP) is -1.93. The van der Waals surface area contributed by atoms with Crippen LogP contribution >= 0.6 is 0 Å². The zero-order valence-corrected chi connectivity index (χ0v) is 55.7. The Bertz CT molecular complexity index is 2210. The molecule has 1 saturated heterocycles. The molecule has 91 heavy (non-hydrogen) atoms. The van der Waals surface area contributed by atoms with Gasteiger partial charge in [-0.25, -0.2) is 0 Å². The SMILES string of the molecule is CCCCCCCCC(CCCCCCCC)C(=O)N[C@@H](CCN)C(=O)N[C@H](C(=O)N[C@@H](CCN)C(=O)N[C@H]1CCNC(=O)[C@H]([C@@H](C)O)NC(=O)[C@H](CCN)NC(=O)[C@H](CCN)NC(=O)[C@H](CC(C)C)NC(=O)[C@@H](CC(C)C)NC(=O)[C@H](CCN)NC1=O)[C@@H](C)O. The van der Waals surface area contributed by atoms with Crippen molar-refractivity contribution in [3.05, 3.63) is 0 Å². The molecule has 1 aliphatic heterocycles. The number of rotatable bonds is 38. The first-order valence-corrected chi connectivity index (χ1v) is 33.4. The molecule has 1 fully saturated rings. The normalized spacial score (nSPS) is 22.0. The first-order chi connectivity index (χ1) is 43.2. The fourth-order valence-corrected chi connectivity index (χ4v) is 10.6. The molecule has 0 aromatic carbocycles. The van der Waals surface area contributed by atoms with E-state index in [1.165, 1.54) is 13.8 Å². The van der Waals surface area contributed by atoms with Crippen molar-refractivity contribution in [3.8, 4) is 0 Å². The van der Waals surface area contributed by atoms with E-state index < -0.39 is 145 Å². The summed E-state index contributed by atoms with van der Waals surface area (Å²) in [5, 5.41) is 50.3. The summed E-state index contributed by atoms with van der Waals surface area (Å²) in [6, 6.07) is -14.6. The Morgan fingerprint density at radius 2 is 0.835 bits per heavy atom. The summed E-state index contributed by atoms with van der Waals surface area (Å²) in [7, 11) is 0. The average molecular weight is 1300 g/mol. The fraction of sp³-hybridized carbons (Fsp3) is 0.823. The van der Waals surface area contributed by atoms with Crippen molar-refractivity contribution in [1.29, 1.82) is 0 Å². The predicted molar refractivity (Wildman–Crippen MR) is 347 cm³/mol. The molecule has 0 spiro atoms. The van der Waals surface area contributed by atoms with Crippen LogP contribution in [0.25, 0.3) is 0 Å². The number of aliphatic hydroxyl groups excluding tert-OH is 2. The highest BCUT2D eigenvalue weighted by Gasteiger charge is 2.38. The maximum Gasteiger partial charge on any atom is 0.245 e. The van der Waals surface area contributed by atoms with Crippen LogP contribution < -0.4 is 87.2 Å². The molecule has 0 aromatic rings. The maximum absolute atomic E-state index is 14.6. The lowest BCUT2D eigenvalue weighted by molar-refractivity contribution is -0.137. The minimum absolute atomic E-state index is 0.00523. The quantitative estimate of drug-likeness (QED) is 0.0299. The van der Waals surface area contributed by atoms with Crippen molar-refractivity contribution >= 4 is 65.0 Å². The lowest BCUT2D eigenvalue weighted by atomic mass is 9.92. The molecule has 1 heterocycles. The number of nitrogens with one attached hydrogen (secondary N) is 11. The van der Waals surface area contributed by atoms with Crippen LogP contribution in [0, 0.1) is 17.8 Å². The summed E-state index contributed by atoms with van der Waals surface area (Å²) in [5.74, 6) is -10.2. The van der Waals surface area contributed by atoms with Crippen molar-refractivity contribution in [2.75, 3.05) is 39.3 Å². The van der Waals surface area contributed by atoms with Crippen LogP contribution in [-0.2, 0) is 52.7 Å². The molecule has 0 saturated carbocycles. The van der Waals surface area contributed by atoms with Crippen LogP contribution in [0.15, 0.2) is 0 Å². The molecule has 524 valence electrons. The molecule has 11 amide bonds. The molecule has 29 nitrogen and oxygen atoms in total. The highest BCUT2D eigenvalue weighted by molar-refractivity contribution is 5.99. The van der Waals surface area contributed by atoms with Gasteiger partial charge in [-0.2, -0.15) is 0 Å². The number of carbonyl (C=O) groups is 11. The van der Waals surface area contributed by atoms with Crippen molar-refractivity contribution < 1.29 is 63.0 Å². The Labute approximate surface area is 539 Å². The average Bonchev–Trinajstić information content (AvgIpc) is 2.45. The van der Waals surface area contributed by atoms with E-state index in [0.717, 1.165) is 77.0 Å². The summed E-state index contributed by atoms with van der Waals surface area (Å²) < 4.78 is 0. The summed E-state index contributed by atoms with van der Waals surface area (Å²) in [5.41, 5.74) is 29.6.